The van der Waals surface area contributed by atoms with Crippen LogP contribution in [0.15, 0.2) is 54.9 Å². The van der Waals surface area contributed by atoms with Crippen LogP contribution in [-0.2, 0) is 9.59 Å². The standard InChI is InChI=1S/C22H27N3O2/c26-20(10-11-21(27)25-16-6-1-2-7-17-25)24-22(18-8-4-3-5-9-18)19-12-14-23-15-13-19/h3-5,8-9,12-15,22H,1-2,6-7,10-11,16-17H2,(H,24,26)/t22-/m1/s1. The molecule has 1 fully saturated rings. The lowest BCUT2D eigenvalue weighted by Gasteiger charge is -2.22. The normalized spacial score (nSPS) is 15.6. The minimum Gasteiger partial charge on any atom is -0.345 e. The molecule has 1 aromatic carbocycles. The van der Waals surface area contributed by atoms with Crippen molar-refractivity contribution in [1.29, 1.82) is 0 Å². The van der Waals surface area contributed by atoms with Gasteiger partial charge >= 0.3 is 0 Å². The molecule has 2 amide bonds. The highest BCUT2D eigenvalue weighted by atomic mass is 16.2. The Morgan fingerprint density at radius 1 is 0.889 bits per heavy atom. The molecule has 5 nitrogen and oxygen atoms in total. The highest BCUT2D eigenvalue weighted by Gasteiger charge is 2.19. The minimum absolute atomic E-state index is 0.0900. The first kappa shape index (κ1) is 19.1. The maximum absolute atomic E-state index is 12.6. The number of hydrogen-bond donors (Lipinski definition) is 1. The number of benzene rings is 1. The van der Waals surface area contributed by atoms with Crippen molar-refractivity contribution < 1.29 is 9.59 Å². The number of aromatic nitrogens is 1. The summed E-state index contributed by atoms with van der Waals surface area (Å²) in [5.74, 6) is -0.0175. The Morgan fingerprint density at radius 2 is 1.52 bits per heavy atom. The van der Waals surface area contributed by atoms with Gasteiger partial charge in [-0.05, 0) is 36.1 Å². The summed E-state index contributed by atoms with van der Waals surface area (Å²) in [6, 6.07) is 13.4. The molecule has 0 spiro atoms. The van der Waals surface area contributed by atoms with Gasteiger partial charge in [0.15, 0.2) is 0 Å². The van der Waals surface area contributed by atoms with E-state index in [4.69, 9.17) is 0 Å². The number of nitrogens with zero attached hydrogens (tertiary/aromatic N) is 2. The van der Waals surface area contributed by atoms with Crippen molar-refractivity contribution in [3.63, 3.8) is 0 Å². The minimum atomic E-state index is -0.241. The Hall–Kier alpha value is -2.69. The van der Waals surface area contributed by atoms with Crippen molar-refractivity contribution in [3.8, 4) is 0 Å². The fourth-order valence-corrected chi connectivity index (χ4v) is 3.49. The summed E-state index contributed by atoms with van der Waals surface area (Å²) in [6.07, 6.45) is 8.43. The molecule has 0 unspecified atom stereocenters. The van der Waals surface area contributed by atoms with Crippen LogP contribution in [-0.4, -0.2) is 34.8 Å². The predicted octanol–water partition coefficient (Wildman–Crippen LogP) is 3.47. The molecule has 1 aromatic heterocycles. The molecule has 0 bridgehead atoms. The number of likely N-dealkylation sites (tertiary alicyclic amines) is 1. The van der Waals surface area contributed by atoms with Crippen LogP contribution in [0.1, 0.15) is 55.7 Å². The molecule has 1 saturated heterocycles. The first-order valence-corrected chi connectivity index (χ1v) is 9.76. The molecule has 1 N–H and O–H groups in total. The van der Waals surface area contributed by atoms with Crippen LogP contribution in [0.25, 0.3) is 0 Å². The van der Waals surface area contributed by atoms with Crippen molar-refractivity contribution in [2.75, 3.05) is 13.1 Å². The fraction of sp³-hybridized carbons (Fsp3) is 0.409. The second-order valence-electron chi connectivity index (χ2n) is 6.99. The van der Waals surface area contributed by atoms with Gasteiger partial charge < -0.3 is 10.2 Å². The number of nitrogens with one attached hydrogen (secondary N) is 1. The molecule has 27 heavy (non-hydrogen) atoms. The van der Waals surface area contributed by atoms with Crippen molar-refractivity contribution in [2.24, 2.45) is 0 Å². The molecule has 0 aliphatic carbocycles. The Balaban J connectivity index is 1.60. The first-order chi connectivity index (χ1) is 13.2. The van der Waals surface area contributed by atoms with Crippen LogP contribution in [0, 0.1) is 0 Å². The summed E-state index contributed by atoms with van der Waals surface area (Å²) < 4.78 is 0. The van der Waals surface area contributed by atoms with E-state index in [1.54, 1.807) is 12.4 Å². The van der Waals surface area contributed by atoms with Crippen molar-refractivity contribution in [3.05, 3.63) is 66.0 Å². The van der Waals surface area contributed by atoms with Gasteiger partial charge in [0.25, 0.3) is 0 Å². The van der Waals surface area contributed by atoms with Crippen LogP contribution in [0.3, 0.4) is 0 Å². The first-order valence-electron chi connectivity index (χ1n) is 9.76. The summed E-state index contributed by atoms with van der Waals surface area (Å²) in [5.41, 5.74) is 1.99. The third kappa shape index (κ3) is 5.64. The highest BCUT2D eigenvalue weighted by molar-refractivity contribution is 5.84. The van der Waals surface area contributed by atoms with Crippen LogP contribution >= 0.6 is 0 Å². The van der Waals surface area contributed by atoms with Gasteiger partial charge in [0.1, 0.15) is 0 Å². The molecule has 1 aliphatic heterocycles. The van der Waals surface area contributed by atoms with E-state index in [1.807, 2.05) is 47.4 Å². The number of hydrogen-bond acceptors (Lipinski definition) is 3. The van der Waals surface area contributed by atoms with Gasteiger partial charge in [0.2, 0.25) is 11.8 Å². The predicted molar refractivity (Wildman–Crippen MR) is 105 cm³/mol. The molecule has 2 heterocycles. The second-order valence-corrected chi connectivity index (χ2v) is 6.99. The van der Waals surface area contributed by atoms with Gasteiger partial charge in [-0.15, -0.1) is 0 Å². The molecule has 5 heteroatoms. The summed E-state index contributed by atoms with van der Waals surface area (Å²) in [4.78, 5) is 30.9. The maximum Gasteiger partial charge on any atom is 0.223 e. The second kappa shape index (κ2) is 9.86. The van der Waals surface area contributed by atoms with E-state index in [0.717, 1.165) is 37.1 Å². The summed E-state index contributed by atoms with van der Waals surface area (Å²) in [5, 5.41) is 3.08. The Morgan fingerprint density at radius 3 is 2.19 bits per heavy atom. The van der Waals surface area contributed by atoms with E-state index in [2.05, 4.69) is 10.3 Å². The van der Waals surface area contributed by atoms with Crippen molar-refractivity contribution in [1.82, 2.24) is 15.2 Å². The van der Waals surface area contributed by atoms with Gasteiger partial charge in [-0.1, -0.05) is 43.2 Å². The van der Waals surface area contributed by atoms with Gasteiger partial charge in [-0.3, -0.25) is 14.6 Å². The zero-order valence-electron chi connectivity index (χ0n) is 15.6. The van der Waals surface area contributed by atoms with Crippen LogP contribution in [0.2, 0.25) is 0 Å². The molecule has 3 rings (SSSR count). The lowest BCUT2D eigenvalue weighted by Crippen LogP contribution is -2.34. The largest absolute Gasteiger partial charge is 0.345 e. The van der Waals surface area contributed by atoms with Gasteiger partial charge in [0.05, 0.1) is 6.04 Å². The van der Waals surface area contributed by atoms with Gasteiger partial charge in [-0.25, -0.2) is 0 Å². The number of rotatable bonds is 6. The van der Waals surface area contributed by atoms with E-state index in [1.165, 1.54) is 12.8 Å². The zero-order valence-corrected chi connectivity index (χ0v) is 15.6. The maximum atomic E-state index is 12.6. The SMILES string of the molecule is O=C(CCC(=O)N1CCCCCC1)N[C@H](c1ccccc1)c1ccncc1. The highest BCUT2D eigenvalue weighted by Crippen LogP contribution is 2.21. The number of carbonyl (C=O) groups is 2. The summed E-state index contributed by atoms with van der Waals surface area (Å²) >= 11 is 0. The van der Waals surface area contributed by atoms with E-state index in [-0.39, 0.29) is 30.7 Å². The lowest BCUT2D eigenvalue weighted by atomic mass is 9.99. The van der Waals surface area contributed by atoms with E-state index in [0.29, 0.717) is 0 Å². The van der Waals surface area contributed by atoms with E-state index >= 15 is 0 Å². The van der Waals surface area contributed by atoms with E-state index < -0.39 is 0 Å². The van der Waals surface area contributed by atoms with Gasteiger partial charge in [0, 0.05) is 38.3 Å². The van der Waals surface area contributed by atoms with Crippen molar-refractivity contribution >= 4 is 11.8 Å². The molecule has 1 aliphatic rings. The van der Waals surface area contributed by atoms with Gasteiger partial charge in [-0.2, -0.15) is 0 Å². The molecule has 0 saturated carbocycles. The summed E-state index contributed by atoms with van der Waals surface area (Å²) in [6.45, 7) is 1.65. The molecule has 0 radical (unpaired) electrons. The average molecular weight is 365 g/mol. The third-order valence-electron chi connectivity index (χ3n) is 5.00. The third-order valence-corrected chi connectivity index (χ3v) is 5.00. The number of pyridine rings is 1. The fourth-order valence-electron chi connectivity index (χ4n) is 3.49. The van der Waals surface area contributed by atoms with Crippen LogP contribution in [0.5, 0.6) is 0 Å². The smallest absolute Gasteiger partial charge is 0.223 e. The monoisotopic (exact) mass is 365 g/mol. The lowest BCUT2D eigenvalue weighted by molar-refractivity contribution is -0.133. The Bertz CT molecular complexity index is 686. The number of carbonyl (C=O) groups excluding carboxylic acids is 2. The summed E-state index contributed by atoms with van der Waals surface area (Å²) in [7, 11) is 0. The molecule has 2 aromatic rings. The average Bonchev–Trinajstić information content (AvgIpc) is 3.01. The topological polar surface area (TPSA) is 62.3 Å². The van der Waals surface area contributed by atoms with E-state index in [9.17, 15) is 9.59 Å². The number of amides is 2. The zero-order chi connectivity index (χ0) is 18.9. The molecular weight excluding hydrogens is 338 g/mol. The van der Waals surface area contributed by atoms with Crippen LogP contribution in [0.4, 0.5) is 0 Å². The quantitative estimate of drug-likeness (QED) is 0.853. The Kier molecular flexibility index (Phi) is 6.97. The molecule has 142 valence electrons. The molecule has 1 atom stereocenters. The Labute approximate surface area is 160 Å². The van der Waals surface area contributed by atoms with Crippen molar-refractivity contribution in [2.45, 2.75) is 44.6 Å². The molecular formula is C22H27N3O2. The van der Waals surface area contributed by atoms with Crippen LogP contribution < -0.4 is 5.32 Å².